The molecule has 0 aliphatic rings. The predicted molar refractivity (Wildman–Crippen MR) is 59.7 cm³/mol. The van der Waals surface area contributed by atoms with Gasteiger partial charge in [-0.2, -0.15) is 0 Å². The molecule has 2 N–H and O–H groups in total. The first kappa shape index (κ1) is 12.6. The molecule has 0 saturated heterocycles. The van der Waals surface area contributed by atoms with Crippen molar-refractivity contribution in [3.63, 3.8) is 0 Å². The fourth-order valence-electron chi connectivity index (χ4n) is 1.01. The van der Waals surface area contributed by atoms with E-state index in [9.17, 15) is 13.6 Å². The summed E-state index contributed by atoms with van der Waals surface area (Å²) >= 11 is 5.84. The van der Waals surface area contributed by atoms with Gasteiger partial charge in [0.25, 0.3) is 0 Å². The second-order valence-corrected chi connectivity index (χ2v) is 4.89. The molecule has 15 heavy (non-hydrogen) atoms. The van der Waals surface area contributed by atoms with E-state index in [2.05, 4.69) is 31.9 Å². The summed E-state index contributed by atoms with van der Waals surface area (Å²) in [5.74, 6) is -1.76. The SMILES string of the molecule is NC(=O)C(Br)Cc1cc(F)c(Br)cc1F. The van der Waals surface area contributed by atoms with Crippen LogP contribution < -0.4 is 5.73 Å². The monoisotopic (exact) mass is 341 g/mol. The van der Waals surface area contributed by atoms with Gasteiger partial charge in [0.05, 0.1) is 9.30 Å². The van der Waals surface area contributed by atoms with Crippen LogP contribution >= 0.6 is 31.9 Å². The van der Waals surface area contributed by atoms with E-state index in [1.54, 1.807) is 0 Å². The van der Waals surface area contributed by atoms with Gasteiger partial charge in [-0.1, -0.05) is 15.9 Å². The molecule has 1 aromatic rings. The zero-order valence-corrected chi connectivity index (χ0v) is 10.6. The molecule has 1 unspecified atom stereocenters. The van der Waals surface area contributed by atoms with Crippen LogP contribution in [0.25, 0.3) is 0 Å². The lowest BCUT2D eigenvalue weighted by atomic mass is 10.1. The number of amides is 1. The maximum absolute atomic E-state index is 13.3. The maximum atomic E-state index is 13.3. The molecule has 0 aliphatic carbocycles. The summed E-state index contributed by atoms with van der Waals surface area (Å²) in [6, 6.07) is 2.06. The van der Waals surface area contributed by atoms with E-state index in [-0.39, 0.29) is 16.5 Å². The molecule has 1 amide bonds. The van der Waals surface area contributed by atoms with Gasteiger partial charge in [-0.15, -0.1) is 0 Å². The van der Waals surface area contributed by atoms with Gasteiger partial charge in [0.2, 0.25) is 5.91 Å². The zero-order chi connectivity index (χ0) is 11.6. The molecule has 0 radical (unpaired) electrons. The second kappa shape index (κ2) is 5.03. The first-order chi connectivity index (χ1) is 6.91. The highest BCUT2D eigenvalue weighted by atomic mass is 79.9. The smallest absolute Gasteiger partial charge is 0.231 e. The van der Waals surface area contributed by atoms with Crippen LogP contribution in [0.1, 0.15) is 5.56 Å². The average molecular weight is 343 g/mol. The van der Waals surface area contributed by atoms with E-state index >= 15 is 0 Å². The summed E-state index contributed by atoms with van der Waals surface area (Å²) in [6.45, 7) is 0. The maximum Gasteiger partial charge on any atom is 0.231 e. The van der Waals surface area contributed by atoms with Crippen LogP contribution in [0.5, 0.6) is 0 Å². The summed E-state index contributed by atoms with van der Waals surface area (Å²) in [7, 11) is 0. The summed E-state index contributed by atoms with van der Waals surface area (Å²) in [5.41, 5.74) is 5.10. The van der Waals surface area contributed by atoms with Crippen molar-refractivity contribution in [2.45, 2.75) is 11.2 Å². The third kappa shape index (κ3) is 3.24. The minimum atomic E-state index is -0.701. The Bertz CT molecular complexity index is 398. The van der Waals surface area contributed by atoms with Crippen LogP contribution in [0.15, 0.2) is 16.6 Å². The molecule has 1 rings (SSSR count). The Morgan fingerprint density at radius 1 is 1.40 bits per heavy atom. The van der Waals surface area contributed by atoms with Gasteiger partial charge < -0.3 is 5.73 Å². The number of rotatable bonds is 3. The van der Waals surface area contributed by atoms with Crippen molar-refractivity contribution in [2.75, 3.05) is 0 Å². The molecule has 0 aliphatic heterocycles. The minimum absolute atomic E-state index is 0.0192. The van der Waals surface area contributed by atoms with Crippen molar-refractivity contribution in [2.24, 2.45) is 5.73 Å². The normalized spacial score (nSPS) is 12.5. The lowest BCUT2D eigenvalue weighted by molar-refractivity contribution is -0.117. The Balaban J connectivity index is 2.95. The fourth-order valence-corrected chi connectivity index (χ4v) is 1.68. The van der Waals surface area contributed by atoms with E-state index in [1.807, 2.05) is 0 Å². The molecule has 0 bridgehead atoms. The molecule has 0 saturated carbocycles. The fraction of sp³-hybridized carbons (Fsp3) is 0.222. The third-order valence-corrected chi connectivity index (χ3v) is 3.18. The molecule has 1 atom stereocenters. The van der Waals surface area contributed by atoms with Crippen molar-refractivity contribution >= 4 is 37.8 Å². The lowest BCUT2D eigenvalue weighted by Crippen LogP contribution is -2.25. The van der Waals surface area contributed by atoms with Gasteiger partial charge in [0.1, 0.15) is 11.6 Å². The first-order valence-corrected chi connectivity index (χ1v) is 5.69. The Morgan fingerprint density at radius 3 is 2.53 bits per heavy atom. The van der Waals surface area contributed by atoms with Crippen LogP contribution in [-0.4, -0.2) is 10.7 Å². The number of alkyl halides is 1. The topological polar surface area (TPSA) is 43.1 Å². The molecule has 0 heterocycles. The standard InChI is InChI=1S/C9H7Br2F2NO/c10-5-3-7(12)4(2-8(5)13)1-6(11)9(14)15/h2-3,6H,1H2,(H2,14,15). The number of carbonyl (C=O) groups excluding carboxylic acids is 1. The average Bonchev–Trinajstić information content (AvgIpc) is 2.13. The van der Waals surface area contributed by atoms with E-state index < -0.39 is 22.4 Å². The molecule has 0 fully saturated rings. The van der Waals surface area contributed by atoms with Crippen molar-refractivity contribution < 1.29 is 13.6 Å². The van der Waals surface area contributed by atoms with Crippen LogP contribution in [0.2, 0.25) is 0 Å². The Kier molecular flexibility index (Phi) is 4.21. The number of benzene rings is 1. The van der Waals surface area contributed by atoms with Crippen molar-refractivity contribution in [1.29, 1.82) is 0 Å². The number of halogens is 4. The Hall–Kier alpha value is -0.490. The predicted octanol–water partition coefficient (Wildman–Crippen LogP) is 2.52. The lowest BCUT2D eigenvalue weighted by Gasteiger charge is -2.07. The molecule has 1 aromatic carbocycles. The number of carbonyl (C=O) groups is 1. The molecule has 0 spiro atoms. The number of hydrogen-bond acceptors (Lipinski definition) is 1. The van der Waals surface area contributed by atoms with Crippen molar-refractivity contribution in [1.82, 2.24) is 0 Å². The summed E-state index contributed by atoms with van der Waals surface area (Å²) < 4.78 is 26.4. The van der Waals surface area contributed by atoms with E-state index in [0.717, 1.165) is 12.1 Å². The molecule has 0 aromatic heterocycles. The molecule has 82 valence electrons. The molecule has 2 nitrogen and oxygen atoms in total. The highest BCUT2D eigenvalue weighted by molar-refractivity contribution is 9.10. The highest BCUT2D eigenvalue weighted by Crippen LogP contribution is 2.22. The first-order valence-electron chi connectivity index (χ1n) is 3.98. The highest BCUT2D eigenvalue weighted by Gasteiger charge is 2.16. The van der Waals surface area contributed by atoms with E-state index in [0.29, 0.717) is 0 Å². The third-order valence-electron chi connectivity index (χ3n) is 1.80. The zero-order valence-electron chi connectivity index (χ0n) is 7.44. The van der Waals surface area contributed by atoms with Crippen LogP contribution in [0, 0.1) is 11.6 Å². The van der Waals surface area contributed by atoms with Gasteiger partial charge in [-0.3, -0.25) is 4.79 Å². The second-order valence-electron chi connectivity index (χ2n) is 2.93. The number of primary amides is 1. The van der Waals surface area contributed by atoms with Crippen molar-refractivity contribution in [3.05, 3.63) is 33.8 Å². The van der Waals surface area contributed by atoms with Gasteiger partial charge >= 0.3 is 0 Å². The largest absolute Gasteiger partial charge is 0.369 e. The van der Waals surface area contributed by atoms with Gasteiger partial charge in [-0.25, -0.2) is 8.78 Å². The van der Waals surface area contributed by atoms with Crippen LogP contribution in [0.4, 0.5) is 8.78 Å². The number of hydrogen-bond donors (Lipinski definition) is 1. The van der Waals surface area contributed by atoms with E-state index in [1.165, 1.54) is 0 Å². The summed E-state index contributed by atoms with van der Waals surface area (Å²) in [6.07, 6.45) is 0.0192. The Labute approximate surface area is 102 Å². The van der Waals surface area contributed by atoms with Crippen molar-refractivity contribution in [3.8, 4) is 0 Å². The van der Waals surface area contributed by atoms with Gasteiger partial charge in [0.15, 0.2) is 0 Å². The summed E-state index contributed by atoms with van der Waals surface area (Å²) in [4.78, 5) is 10.0. The van der Waals surface area contributed by atoms with E-state index in [4.69, 9.17) is 5.73 Å². The summed E-state index contributed by atoms with van der Waals surface area (Å²) in [5, 5.41) is 0. The molecule has 6 heteroatoms. The Morgan fingerprint density at radius 2 is 2.00 bits per heavy atom. The van der Waals surface area contributed by atoms with Gasteiger partial charge in [0, 0.05) is 0 Å². The molecular weight excluding hydrogens is 336 g/mol. The van der Waals surface area contributed by atoms with Crippen LogP contribution in [-0.2, 0) is 11.2 Å². The minimum Gasteiger partial charge on any atom is -0.369 e. The van der Waals surface area contributed by atoms with Gasteiger partial charge in [-0.05, 0) is 40.0 Å². The van der Waals surface area contributed by atoms with Crippen LogP contribution in [0.3, 0.4) is 0 Å². The quantitative estimate of drug-likeness (QED) is 0.665. The number of nitrogens with two attached hydrogens (primary N) is 1. The molecular formula is C9H7Br2F2NO.